The maximum atomic E-state index is 5.99. The summed E-state index contributed by atoms with van der Waals surface area (Å²) >= 11 is 9.44. The lowest BCUT2D eigenvalue weighted by molar-refractivity contribution is 0.569. The molecule has 1 rings (SSSR count). The van der Waals surface area contributed by atoms with Crippen molar-refractivity contribution in [3.05, 3.63) is 38.8 Å². The molecular weight excluding hydrogens is 310 g/mol. The largest absolute Gasteiger partial charge is 0.313 e. The molecule has 0 radical (unpaired) electrons. The van der Waals surface area contributed by atoms with Crippen LogP contribution in [0.1, 0.15) is 32.8 Å². The standard InChI is InChI=1S/C15H21BrClN/c1-4-12(10-18-9-11(2)3)7-13-5-6-15(17)14(16)8-13/h5-8,11,18H,4,9-10H2,1-3H3/b12-7-. The summed E-state index contributed by atoms with van der Waals surface area (Å²) in [6.07, 6.45) is 3.29. The lowest BCUT2D eigenvalue weighted by Crippen LogP contribution is -2.21. The molecule has 0 aliphatic heterocycles. The van der Waals surface area contributed by atoms with Crippen LogP contribution in [0.15, 0.2) is 28.2 Å². The van der Waals surface area contributed by atoms with Gasteiger partial charge in [0, 0.05) is 11.0 Å². The van der Waals surface area contributed by atoms with Crippen LogP contribution in [0.5, 0.6) is 0 Å². The molecule has 0 bridgehead atoms. The van der Waals surface area contributed by atoms with Gasteiger partial charge in [0.15, 0.2) is 0 Å². The summed E-state index contributed by atoms with van der Waals surface area (Å²) in [6.45, 7) is 8.64. The number of halogens is 2. The monoisotopic (exact) mass is 329 g/mol. The molecule has 1 aromatic rings. The Hall–Kier alpha value is -0.310. The summed E-state index contributed by atoms with van der Waals surface area (Å²) in [5.41, 5.74) is 2.60. The van der Waals surface area contributed by atoms with E-state index in [1.54, 1.807) is 0 Å². The van der Waals surface area contributed by atoms with Crippen LogP contribution in [-0.4, -0.2) is 13.1 Å². The second kappa shape index (κ2) is 7.98. The van der Waals surface area contributed by atoms with Crippen LogP contribution < -0.4 is 5.32 Å². The summed E-state index contributed by atoms with van der Waals surface area (Å²) in [5.74, 6) is 0.688. The molecule has 100 valence electrons. The Balaban J connectivity index is 2.68. The second-order valence-corrected chi connectivity index (χ2v) is 6.12. The Morgan fingerprint density at radius 2 is 2.17 bits per heavy atom. The Morgan fingerprint density at radius 1 is 1.44 bits per heavy atom. The minimum absolute atomic E-state index is 0.688. The van der Waals surface area contributed by atoms with Gasteiger partial charge in [-0.15, -0.1) is 0 Å². The summed E-state index contributed by atoms with van der Waals surface area (Å²) < 4.78 is 0.948. The van der Waals surface area contributed by atoms with Crippen molar-refractivity contribution in [2.45, 2.75) is 27.2 Å². The third kappa shape index (κ3) is 5.55. The molecule has 0 heterocycles. The summed E-state index contributed by atoms with van der Waals surface area (Å²) in [5, 5.41) is 4.23. The van der Waals surface area contributed by atoms with Crippen molar-refractivity contribution in [1.29, 1.82) is 0 Å². The third-order valence-corrected chi connectivity index (χ3v) is 3.89. The molecule has 0 spiro atoms. The fourth-order valence-electron chi connectivity index (χ4n) is 1.64. The molecule has 0 saturated carbocycles. The molecule has 0 atom stereocenters. The lowest BCUT2D eigenvalue weighted by Gasteiger charge is -2.10. The number of nitrogens with one attached hydrogen (secondary N) is 1. The predicted octanol–water partition coefficient (Wildman–Crippen LogP) is 5.14. The molecule has 1 nitrogen and oxygen atoms in total. The van der Waals surface area contributed by atoms with Gasteiger partial charge in [-0.3, -0.25) is 0 Å². The van der Waals surface area contributed by atoms with E-state index in [0.717, 1.165) is 29.0 Å². The van der Waals surface area contributed by atoms with E-state index in [9.17, 15) is 0 Å². The van der Waals surface area contributed by atoms with Crippen molar-refractivity contribution in [1.82, 2.24) is 5.32 Å². The maximum Gasteiger partial charge on any atom is 0.0548 e. The van der Waals surface area contributed by atoms with Crippen LogP contribution in [-0.2, 0) is 0 Å². The van der Waals surface area contributed by atoms with E-state index in [1.165, 1.54) is 11.1 Å². The number of rotatable bonds is 6. The zero-order chi connectivity index (χ0) is 13.5. The predicted molar refractivity (Wildman–Crippen MR) is 85.1 cm³/mol. The first-order valence-electron chi connectivity index (χ1n) is 6.38. The molecule has 0 fully saturated rings. The molecule has 0 aliphatic carbocycles. The van der Waals surface area contributed by atoms with Gasteiger partial charge in [-0.05, 0) is 52.5 Å². The van der Waals surface area contributed by atoms with Gasteiger partial charge in [0.05, 0.1) is 5.02 Å². The van der Waals surface area contributed by atoms with E-state index < -0.39 is 0 Å². The van der Waals surface area contributed by atoms with Gasteiger partial charge >= 0.3 is 0 Å². The van der Waals surface area contributed by atoms with Gasteiger partial charge in [0.25, 0.3) is 0 Å². The number of hydrogen-bond donors (Lipinski definition) is 1. The minimum atomic E-state index is 0.688. The van der Waals surface area contributed by atoms with Gasteiger partial charge in [0.1, 0.15) is 0 Å². The fourth-order valence-corrected chi connectivity index (χ4v) is 2.15. The molecular formula is C15H21BrClN. The zero-order valence-electron chi connectivity index (χ0n) is 11.3. The number of hydrogen-bond acceptors (Lipinski definition) is 1. The first kappa shape index (κ1) is 15.7. The van der Waals surface area contributed by atoms with Gasteiger partial charge in [-0.25, -0.2) is 0 Å². The molecule has 0 unspecified atom stereocenters. The highest BCUT2D eigenvalue weighted by atomic mass is 79.9. The van der Waals surface area contributed by atoms with Crippen molar-refractivity contribution in [3.63, 3.8) is 0 Å². The quantitative estimate of drug-likeness (QED) is 0.761. The highest BCUT2D eigenvalue weighted by molar-refractivity contribution is 9.10. The van der Waals surface area contributed by atoms with Crippen molar-refractivity contribution >= 4 is 33.6 Å². The maximum absolute atomic E-state index is 5.99. The highest BCUT2D eigenvalue weighted by Crippen LogP contribution is 2.24. The van der Waals surface area contributed by atoms with Crippen LogP contribution in [0, 0.1) is 5.92 Å². The minimum Gasteiger partial charge on any atom is -0.313 e. The van der Waals surface area contributed by atoms with Crippen molar-refractivity contribution < 1.29 is 0 Å². The fraction of sp³-hybridized carbons (Fsp3) is 0.467. The van der Waals surface area contributed by atoms with Crippen molar-refractivity contribution in [2.75, 3.05) is 13.1 Å². The average molecular weight is 331 g/mol. The van der Waals surface area contributed by atoms with Gasteiger partial charge in [-0.2, -0.15) is 0 Å². The molecule has 1 aromatic carbocycles. The third-order valence-electron chi connectivity index (χ3n) is 2.67. The first-order valence-corrected chi connectivity index (χ1v) is 7.55. The van der Waals surface area contributed by atoms with E-state index in [2.05, 4.69) is 54.2 Å². The van der Waals surface area contributed by atoms with Gasteiger partial charge < -0.3 is 5.32 Å². The van der Waals surface area contributed by atoms with Crippen molar-refractivity contribution in [3.8, 4) is 0 Å². The van der Waals surface area contributed by atoms with E-state index >= 15 is 0 Å². The van der Waals surface area contributed by atoms with E-state index in [1.807, 2.05) is 12.1 Å². The van der Waals surface area contributed by atoms with Crippen LogP contribution in [0.4, 0.5) is 0 Å². The molecule has 1 N–H and O–H groups in total. The Morgan fingerprint density at radius 3 is 2.72 bits per heavy atom. The van der Waals surface area contributed by atoms with Gasteiger partial charge in [-0.1, -0.05) is 50.1 Å². The van der Waals surface area contributed by atoms with Crippen LogP contribution in [0.2, 0.25) is 5.02 Å². The zero-order valence-corrected chi connectivity index (χ0v) is 13.6. The van der Waals surface area contributed by atoms with E-state index in [-0.39, 0.29) is 0 Å². The van der Waals surface area contributed by atoms with Crippen LogP contribution >= 0.6 is 27.5 Å². The smallest absolute Gasteiger partial charge is 0.0548 e. The lowest BCUT2D eigenvalue weighted by atomic mass is 10.1. The van der Waals surface area contributed by atoms with E-state index in [0.29, 0.717) is 5.92 Å². The Bertz CT molecular complexity index is 413. The molecule has 0 amide bonds. The highest BCUT2D eigenvalue weighted by Gasteiger charge is 2.00. The normalized spacial score (nSPS) is 12.2. The van der Waals surface area contributed by atoms with Gasteiger partial charge in [0.2, 0.25) is 0 Å². The van der Waals surface area contributed by atoms with E-state index in [4.69, 9.17) is 11.6 Å². The second-order valence-electron chi connectivity index (χ2n) is 4.85. The number of benzene rings is 1. The average Bonchev–Trinajstić information content (AvgIpc) is 2.32. The topological polar surface area (TPSA) is 12.0 Å². The molecule has 0 aliphatic rings. The summed E-state index contributed by atoms with van der Waals surface area (Å²) in [7, 11) is 0. The Kier molecular flexibility index (Phi) is 6.98. The summed E-state index contributed by atoms with van der Waals surface area (Å²) in [6, 6.07) is 6.03. The first-order chi connectivity index (χ1) is 8.52. The SMILES string of the molecule is CC/C(=C/c1ccc(Cl)c(Br)c1)CNCC(C)C. The summed E-state index contributed by atoms with van der Waals surface area (Å²) in [4.78, 5) is 0. The molecule has 0 aromatic heterocycles. The van der Waals surface area contributed by atoms with Crippen LogP contribution in [0.3, 0.4) is 0 Å². The molecule has 18 heavy (non-hydrogen) atoms. The van der Waals surface area contributed by atoms with Crippen LogP contribution in [0.25, 0.3) is 6.08 Å². The Labute approximate surface area is 124 Å². The van der Waals surface area contributed by atoms with Crippen molar-refractivity contribution in [2.24, 2.45) is 5.92 Å². The molecule has 0 saturated heterocycles. The molecule has 3 heteroatoms.